The molecule has 0 spiro atoms. The number of anilines is 1. The van der Waals surface area contributed by atoms with Crippen molar-refractivity contribution in [2.75, 3.05) is 12.4 Å². The van der Waals surface area contributed by atoms with Crippen molar-refractivity contribution < 1.29 is 17.9 Å². The van der Waals surface area contributed by atoms with E-state index in [0.717, 1.165) is 11.1 Å². The number of carbonyl (C=O) groups is 1. The minimum atomic E-state index is -3.66. The average molecular weight is 473 g/mol. The second kappa shape index (κ2) is 10.6. The molecular weight excluding hydrogens is 448 g/mol. The number of carbonyl (C=O) groups excluding carboxylic acids is 1. The van der Waals surface area contributed by atoms with Crippen LogP contribution in [0.25, 0.3) is 0 Å². The van der Waals surface area contributed by atoms with Crippen molar-refractivity contribution in [3.05, 3.63) is 88.9 Å². The lowest BCUT2D eigenvalue weighted by molar-refractivity contribution is -0.116. The molecule has 0 saturated carbocycles. The van der Waals surface area contributed by atoms with Crippen LogP contribution in [0.15, 0.2) is 77.7 Å². The Morgan fingerprint density at radius 1 is 1.03 bits per heavy atom. The summed E-state index contributed by atoms with van der Waals surface area (Å²) in [5.41, 5.74) is 2.24. The normalized spacial score (nSPS) is 12.2. The standard InChI is InChI=1S/C24H25ClN2O4S/c1-17(19-6-4-3-5-7-19)27-32(29,30)21-12-8-18(9-13-21)10-15-24(28)26-22-16-20(25)11-14-23(22)31-2/h3-9,11-14,16-17,27H,10,15H2,1-2H3,(H,26,28)/t17-/m1/s1. The molecule has 0 unspecified atom stereocenters. The van der Waals surface area contributed by atoms with E-state index in [1.54, 1.807) is 49.4 Å². The summed E-state index contributed by atoms with van der Waals surface area (Å²) in [6, 6.07) is 20.5. The Morgan fingerprint density at radius 2 is 1.72 bits per heavy atom. The molecule has 3 aromatic rings. The fraction of sp³-hybridized carbons (Fsp3) is 0.208. The minimum Gasteiger partial charge on any atom is -0.495 e. The van der Waals surface area contributed by atoms with Crippen molar-refractivity contribution in [2.45, 2.75) is 30.7 Å². The number of amides is 1. The third-order valence-electron chi connectivity index (χ3n) is 4.94. The maximum absolute atomic E-state index is 12.7. The summed E-state index contributed by atoms with van der Waals surface area (Å²) < 4.78 is 33.3. The number of rotatable bonds is 9. The van der Waals surface area contributed by atoms with Gasteiger partial charge in [-0.15, -0.1) is 0 Å². The summed E-state index contributed by atoms with van der Waals surface area (Å²) >= 11 is 5.99. The van der Waals surface area contributed by atoms with Gasteiger partial charge >= 0.3 is 0 Å². The van der Waals surface area contributed by atoms with Gasteiger partial charge in [-0.3, -0.25) is 4.79 Å². The number of hydrogen-bond acceptors (Lipinski definition) is 4. The highest BCUT2D eigenvalue weighted by Crippen LogP contribution is 2.28. The van der Waals surface area contributed by atoms with Crippen LogP contribution in [0.5, 0.6) is 5.75 Å². The number of hydrogen-bond donors (Lipinski definition) is 2. The lowest BCUT2D eigenvalue weighted by Gasteiger charge is -2.15. The molecule has 0 aliphatic heterocycles. The van der Waals surface area contributed by atoms with Crippen LogP contribution in [0.3, 0.4) is 0 Å². The van der Waals surface area contributed by atoms with Crippen molar-refractivity contribution in [1.29, 1.82) is 0 Å². The molecule has 0 fully saturated rings. The maximum Gasteiger partial charge on any atom is 0.241 e. The largest absolute Gasteiger partial charge is 0.495 e. The zero-order valence-electron chi connectivity index (χ0n) is 17.8. The van der Waals surface area contributed by atoms with Crippen molar-refractivity contribution >= 4 is 33.2 Å². The molecule has 1 atom stereocenters. The van der Waals surface area contributed by atoms with Gasteiger partial charge in [0.05, 0.1) is 17.7 Å². The van der Waals surface area contributed by atoms with Crippen molar-refractivity contribution in [3.8, 4) is 5.75 Å². The summed E-state index contributed by atoms with van der Waals surface area (Å²) in [4.78, 5) is 12.5. The van der Waals surface area contributed by atoms with Gasteiger partial charge in [0.2, 0.25) is 15.9 Å². The molecule has 0 saturated heterocycles. The van der Waals surface area contributed by atoms with Gasteiger partial charge in [0, 0.05) is 17.5 Å². The lowest BCUT2D eigenvalue weighted by atomic mass is 10.1. The van der Waals surface area contributed by atoms with Crippen molar-refractivity contribution in [3.63, 3.8) is 0 Å². The van der Waals surface area contributed by atoms with Gasteiger partial charge in [-0.05, 0) is 54.8 Å². The third-order valence-corrected chi connectivity index (χ3v) is 6.73. The summed E-state index contributed by atoms with van der Waals surface area (Å²) in [6.07, 6.45) is 0.688. The molecule has 0 radical (unpaired) electrons. The zero-order valence-corrected chi connectivity index (χ0v) is 19.4. The van der Waals surface area contributed by atoms with Gasteiger partial charge in [0.25, 0.3) is 0 Å². The molecule has 3 rings (SSSR count). The number of ether oxygens (including phenoxy) is 1. The second-order valence-corrected chi connectivity index (χ2v) is 9.44. The maximum atomic E-state index is 12.7. The van der Waals surface area contributed by atoms with Crippen LogP contribution in [-0.4, -0.2) is 21.4 Å². The summed E-state index contributed by atoms with van der Waals surface area (Å²) in [6.45, 7) is 1.80. The van der Waals surface area contributed by atoms with Crippen LogP contribution < -0.4 is 14.8 Å². The first-order chi connectivity index (χ1) is 15.3. The van der Waals surface area contributed by atoms with Gasteiger partial charge in [0.15, 0.2) is 0 Å². The van der Waals surface area contributed by atoms with Crippen LogP contribution >= 0.6 is 11.6 Å². The van der Waals surface area contributed by atoms with Gasteiger partial charge in [-0.2, -0.15) is 0 Å². The average Bonchev–Trinajstić information content (AvgIpc) is 2.78. The molecule has 0 heterocycles. The molecule has 1 amide bonds. The Morgan fingerprint density at radius 3 is 2.38 bits per heavy atom. The van der Waals surface area contributed by atoms with Gasteiger partial charge < -0.3 is 10.1 Å². The monoisotopic (exact) mass is 472 g/mol. The Labute approximate surface area is 193 Å². The van der Waals surface area contributed by atoms with Crippen molar-refractivity contribution in [2.24, 2.45) is 0 Å². The van der Waals surface area contributed by atoms with E-state index in [-0.39, 0.29) is 23.3 Å². The molecule has 0 aromatic heterocycles. The number of sulfonamides is 1. The molecule has 0 aliphatic rings. The van der Waals surface area contributed by atoms with Crippen LogP contribution in [-0.2, 0) is 21.2 Å². The SMILES string of the molecule is COc1ccc(Cl)cc1NC(=O)CCc1ccc(S(=O)(=O)N[C@H](C)c2ccccc2)cc1. The first-order valence-corrected chi connectivity index (χ1v) is 11.9. The topological polar surface area (TPSA) is 84.5 Å². The quantitative estimate of drug-likeness (QED) is 0.461. The molecule has 32 heavy (non-hydrogen) atoms. The first kappa shape index (κ1) is 23.8. The second-order valence-electron chi connectivity index (χ2n) is 7.29. The van der Waals surface area contributed by atoms with Crippen LogP contribution in [0.2, 0.25) is 5.02 Å². The van der Waals surface area contributed by atoms with E-state index in [0.29, 0.717) is 22.9 Å². The van der Waals surface area contributed by atoms with E-state index in [2.05, 4.69) is 10.0 Å². The fourth-order valence-corrected chi connectivity index (χ4v) is 4.60. The number of halogens is 1. The molecule has 3 aromatic carbocycles. The van der Waals surface area contributed by atoms with E-state index in [4.69, 9.17) is 16.3 Å². The molecule has 2 N–H and O–H groups in total. The summed E-state index contributed by atoms with van der Waals surface area (Å²) in [7, 11) is -2.15. The van der Waals surface area contributed by atoms with Gasteiger partial charge in [-0.25, -0.2) is 13.1 Å². The first-order valence-electron chi connectivity index (χ1n) is 10.1. The summed E-state index contributed by atoms with van der Waals surface area (Å²) in [5.74, 6) is 0.329. The molecule has 168 valence electrons. The van der Waals surface area contributed by atoms with E-state index in [1.807, 2.05) is 30.3 Å². The predicted octanol–water partition coefficient (Wildman–Crippen LogP) is 4.96. The predicted molar refractivity (Wildman–Crippen MR) is 127 cm³/mol. The highest BCUT2D eigenvalue weighted by atomic mass is 35.5. The zero-order chi connectivity index (χ0) is 23.1. The van der Waals surface area contributed by atoms with Gasteiger partial charge in [0.1, 0.15) is 5.75 Å². The van der Waals surface area contributed by atoms with Crippen molar-refractivity contribution in [1.82, 2.24) is 4.72 Å². The molecular formula is C24H25ClN2O4S. The number of methoxy groups -OCH3 is 1. The third kappa shape index (κ3) is 6.32. The van der Waals surface area contributed by atoms with Gasteiger partial charge in [-0.1, -0.05) is 54.1 Å². The van der Waals surface area contributed by atoms with Crippen LogP contribution in [0, 0.1) is 0 Å². The molecule has 6 nitrogen and oxygen atoms in total. The fourth-order valence-electron chi connectivity index (χ4n) is 3.19. The molecule has 0 aliphatic carbocycles. The van der Waals surface area contributed by atoms with E-state index >= 15 is 0 Å². The smallest absolute Gasteiger partial charge is 0.241 e. The Hall–Kier alpha value is -2.87. The molecule has 8 heteroatoms. The minimum absolute atomic E-state index is 0.178. The van der Waals surface area contributed by atoms with E-state index in [1.165, 1.54) is 7.11 Å². The molecule has 0 bridgehead atoms. The van der Waals surface area contributed by atoms with E-state index in [9.17, 15) is 13.2 Å². The Bertz CT molecular complexity index is 1170. The number of benzene rings is 3. The lowest BCUT2D eigenvalue weighted by Crippen LogP contribution is -2.26. The number of nitrogens with one attached hydrogen (secondary N) is 2. The highest BCUT2D eigenvalue weighted by molar-refractivity contribution is 7.89. The van der Waals surface area contributed by atoms with E-state index < -0.39 is 10.0 Å². The Balaban J connectivity index is 1.58. The van der Waals surface area contributed by atoms with Crippen LogP contribution in [0.1, 0.15) is 30.5 Å². The number of aryl methyl sites for hydroxylation is 1. The summed E-state index contributed by atoms with van der Waals surface area (Å²) in [5, 5.41) is 3.28. The highest BCUT2D eigenvalue weighted by Gasteiger charge is 2.18. The Kier molecular flexibility index (Phi) is 7.90. The van der Waals surface area contributed by atoms with Crippen LogP contribution in [0.4, 0.5) is 5.69 Å².